The maximum absolute atomic E-state index is 13.5. The van der Waals surface area contributed by atoms with Gasteiger partial charge in [-0.2, -0.15) is 5.10 Å². The number of aromatic amines is 1. The molecule has 0 amide bonds. The van der Waals surface area contributed by atoms with Crippen molar-refractivity contribution in [3.8, 4) is 11.3 Å². The predicted octanol–water partition coefficient (Wildman–Crippen LogP) is 3.88. The molecule has 0 spiro atoms. The van der Waals surface area contributed by atoms with E-state index in [1.807, 2.05) is 24.3 Å². The van der Waals surface area contributed by atoms with Crippen LogP contribution in [0, 0.1) is 11.7 Å². The highest BCUT2D eigenvalue weighted by Crippen LogP contribution is 2.54. The lowest BCUT2D eigenvalue weighted by Gasteiger charge is -2.37. The van der Waals surface area contributed by atoms with Crippen molar-refractivity contribution in [1.29, 1.82) is 0 Å². The lowest BCUT2D eigenvalue weighted by molar-refractivity contribution is 0.558. The molecule has 5 nitrogen and oxygen atoms in total. The Morgan fingerprint density at radius 2 is 1.81 bits per heavy atom. The van der Waals surface area contributed by atoms with Crippen LogP contribution in [0.3, 0.4) is 0 Å². The van der Waals surface area contributed by atoms with Crippen molar-refractivity contribution in [3.05, 3.63) is 66.1 Å². The molecule has 1 aliphatic carbocycles. The van der Waals surface area contributed by atoms with Crippen LogP contribution in [0.25, 0.3) is 11.3 Å². The van der Waals surface area contributed by atoms with Crippen molar-refractivity contribution >= 4 is 15.7 Å². The number of para-hydroxylation sites is 1. The number of fused-ring (bicyclic) bond motifs is 3. The Kier molecular flexibility index (Phi) is 3.24. The fourth-order valence-electron chi connectivity index (χ4n) is 3.75. The highest BCUT2D eigenvalue weighted by molar-refractivity contribution is 7.92. The molecule has 2 heterocycles. The fourth-order valence-corrected chi connectivity index (χ4v) is 5.46. The van der Waals surface area contributed by atoms with Crippen molar-refractivity contribution in [3.63, 3.8) is 0 Å². The van der Waals surface area contributed by atoms with E-state index < -0.39 is 15.8 Å². The number of hydrogen-bond acceptors (Lipinski definition) is 3. The molecule has 1 N–H and O–H groups in total. The molecule has 26 heavy (non-hydrogen) atoms. The molecule has 1 aromatic heterocycles. The van der Waals surface area contributed by atoms with E-state index >= 15 is 0 Å². The Morgan fingerprint density at radius 1 is 1.08 bits per heavy atom. The summed E-state index contributed by atoms with van der Waals surface area (Å²) in [4.78, 5) is 0.0892. The normalized spacial score (nSPS) is 19.1. The van der Waals surface area contributed by atoms with E-state index in [0.717, 1.165) is 29.7 Å². The second-order valence-electron chi connectivity index (χ2n) is 6.75. The van der Waals surface area contributed by atoms with Gasteiger partial charge in [-0.3, -0.25) is 9.40 Å². The van der Waals surface area contributed by atoms with Gasteiger partial charge in [-0.15, -0.1) is 0 Å². The van der Waals surface area contributed by atoms with E-state index in [9.17, 15) is 12.8 Å². The highest BCUT2D eigenvalue weighted by atomic mass is 32.2. The molecule has 1 atom stereocenters. The van der Waals surface area contributed by atoms with E-state index in [2.05, 4.69) is 10.2 Å². The Bertz CT molecular complexity index is 1090. The van der Waals surface area contributed by atoms with Crippen molar-refractivity contribution in [2.45, 2.75) is 23.8 Å². The molecule has 1 fully saturated rings. The van der Waals surface area contributed by atoms with Gasteiger partial charge in [0.05, 0.1) is 28.5 Å². The number of halogens is 1. The lowest BCUT2D eigenvalue weighted by Crippen LogP contribution is -2.38. The molecule has 2 aromatic carbocycles. The third-order valence-corrected chi connectivity index (χ3v) is 6.90. The van der Waals surface area contributed by atoms with Gasteiger partial charge in [-0.1, -0.05) is 18.2 Å². The number of aromatic nitrogens is 2. The summed E-state index contributed by atoms with van der Waals surface area (Å²) >= 11 is 0. The first-order valence-corrected chi connectivity index (χ1v) is 9.94. The molecule has 1 unspecified atom stereocenters. The zero-order chi connectivity index (χ0) is 17.9. The van der Waals surface area contributed by atoms with Crippen LogP contribution in [0.1, 0.15) is 24.4 Å². The first-order chi connectivity index (χ1) is 12.6. The number of nitrogens with one attached hydrogen (secondary N) is 1. The van der Waals surface area contributed by atoms with E-state index in [-0.39, 0.29) is 16.9 Å². The molecule has 0 radical (unpaired) electrons. The molecular weight excluding hydrogens is 353 g/mol. The smallest absolute Gasteiger partial charge is 0.264 e. The summed E-state index contributed by atoms with van der Waals surface area (Å²) in [6, 6.07) is 12.1. The summed E-state index contributed by atoms with van der Waals surface area (Å²) in [6.45, 7) is 0. The third kappa shape index (κ3) is 2.20. The molecule has 7 heteroatoms. The van der Waals surface area contributed by atoms with Gasteiger partial charge in [0.15, 0.2) is 0 Å². The van der Waals surface area contributed by atoms with Crippen molar-refractivity contribution in [2.24, 2.45) is 5.92 Å². The maximum Gasteiger partial charge on any atom is 0.264 e. The third-order valence-electron chi connectivity index (χ3n) is 5.09. The number of rotatable bonds is 3. The van der Waals surface area contributed by atoms with Gasteiger partial charge in [0.2, 0.25) is 0 Å². The van der Waals surface area contributed by atoms with Crippen LogP contribution in [0.4, 0.5) is 10.1 Å². The van der Waals surface area contributed by atoms with Gasteiger partial charge in [-0.05, 0) is 49.1 Å². The molecule has 132 valence electrons. The summed E-state index contributed by atoms with van der Waals surface area (Å²) < 4.78 is 41.8. The molecule has 0 bridgehead atoms. The van der Waals surface area contributed by atoms with Gasteiger partial charge >= 0.3 is 0 Å². The Morgan fingerprint density at radius 3 is 2.54 bits per heavy atom. The number of benzene rings is 2. The van der Waals surface area contributed by atoms with Gasteiger partial charge in [0.25, 0.3) is 10.0 Å². The van der Waals surface area contributed by atoms with Gasteiger partial charge < -0.3 is 0 Å². The minimum atomic E-state index is -3.84. The number of sulfonamides is 1. The monoisotopic (exact) mass is 369 g/mol. The quantitative estimate of drug-likeness (QED) is 0.762. The average molecular weight is 369 g/mol. The molecule has 5 rings (SSSR count). The summed E-state index contributed by atoms with van der Waals surface area (Å²) in [5.74, 6) is -0.200. The molecule has 2 aliphatic rings. The van der Waals surface area contributed by atoms with Crippen LogP contribution >= 0.6 is 0 Å². The number of hydrogen-bond donors (Lipinski definition) is 1. The first-order valence-electron chi connectivity index (χ1n) is 8.50. The topological polar surface area (TPSA) is 66.1 Å². The van der Waals surface area contributed by atoms with Crippen LogP contribution in [-0.2, 0) is 10.0 Å². The van der Waals surface area contributed by atoms with E-state index in [0.29, 0.717) is 5.69 Å². The van der Waals surface area contributed by atoms with Crippen LogP contribution in [0.5, 0.6) is 0 Å². The minimum absolute atomic E-state index is 0.0892. The second kappa shape index (κ2) is 5.41. The van der Waals surface area contributed by atoms with Crippen LogP contribution < -0.4 is 4.31 Å². The predicted molar refractivity (Wildman–Crippen MR) is 95.6 cm³/mol. The van der Waals surface area contributed by atoms with Crippen LogP contribution in [-0.4, -0.2) is 18.6 Å². The second-order valence-corrected chi connectivity index (χ2v) is 8.57. The van der Waals surface area contributed by atoms with Crippen LogP contribution in [0.15, 0.2) is 59.6 Å². The summed E-state index contributed by atoms with van der Waals surface area (Å²) in [5, 5.41) is 7.19. The molecule has 1 aliphatic heterocycles. The van der Waals surface area contributed by atoms with Gasteiger partial charge in [0.1, 0.15) is 5.82 Å². The molecule has 0 saturated heterocycles. The molecular formula is C19H16FN3O2S. The summed E-state index contributed by atoms with van der Waals surface area (Å²) in [6.07, 6.45) is 3.68. The molecule has 1 saturated carbocycles. The zero-order valence-electron chi connectivity index (χ0n) is 13.8. The standard InChI is InChI=1S/C19H16FN3O2S/c20-13-7-9-14(10-8-13)26(24,25)23-17-4-2-1-3-15(17)18-16(11-21-22-18)19(23)12-5-6-12/h1-4,7-12,19H,5-6H2,(H,21,22). The highest BCUT2D eigenvalue weighted by Gasteiger charge is 2.47. The van der Waals surface area contributed by atoms with Gasteiger partial charge in [0, 0.05) is 11.1 Å². The minimum Gasteiger partial charge on any atom is -0.277 e. The lowest BCUT2D eigenvalue weighted by atomic mass is 9.93. The summed E-state index contributed by atoms with van der Waals surface area (Å²) in [5.41, 5.74) is 3.22. The van der Waals surface area contributed by atoms with E-state index in [1.165, 1.54) is 28.6 Å². The SMILES string of the molecule is O=S(=O)(c1ccc(F)cc1)N1c2ccccc2-c2[nH]ncc2C1C1CC1. The molecule has 3 aromatic rings. The number of nitrogens with zero attached hydrogens (tertiary/aromatic N) is 2. The summed E-state index contributed by atoms with van der Waals surface area (Å²) in [7, 11) is -3.84. The van der Waals surface area contributed by atoms with Crippen molar-refractivity contribution in [1.82, 2.24) is 10.2 Å². The van der Waals surface area contributed by atoms with Crippen molar-refractivity contribution in [2.75, 3.05) is 4.31 Å². The largest absolute Gasteiger partial charge is 0.277 e. The van der Waals surface area contributed by atoms with Crippen LogP contribution in [0.2, 0.25) is 0 Å². The zero-order valence-corrected chi connectivity index (χ0v) is 14.6. The van der Waals surface area contributed by atoms with Crippen molar-refractivity contribution < 1.29 is 12.8 Å². The van der Waals surface area contributed by atoms with E-state index in [4.69, 9.17) is 0 Å². The number of anilines is 1. The Labute approximate surface area is 150 Å². The Hall–Kier alpha value is -2.67. The average Bonchev–Trinajstić information content (AvgIpc) is 3.36. The van der Waals surface area contributed by atoms with E-state index in [1.54, 1.807) is 6.20 Å². The Balaban J connectivity index is 1.75. The fraction of sp³-hybridized carbons (Fsp3) is 0.211. The van der Waals surface area contributed by atoms with Gasteiger partial charge in [-0.25, -0.2) is 12.8 Å². The number of H-pyrrole nitrogens is 1. The maximum atomic E-state index is 13.5. The first kappa shape index (κ1) is 15.6.